The van der Waals surface area contributed by atoms with Crippen LogP contribution in [-0.2, 0) is 4.79 Å². The Morgan fingerprint density at radius 1 is 1.18 bits per heavy atom. The van der Waals surface area contributed by atoms with Crippen LogP contribution in [0.5, 0.6) is 0 Å². The first-order chi connectivity index (χ1) is 10.6. The first-order valence-corrected chi connectivity index (χ1v) is 9.79. The average molecular weight is 329 g/mol. The summed E-state index contributed by atoms with van der Waals surface area (Å²) in [6.07, 6.45) is 10.2. The average Bonchev–Trinajstić information content (AvgIpc) is 2.50. The smallest absolute Gasteiger partial charge is 0.185 e. The number of unbranched alkanes of at least 4 members (excludes halogenated alkanes) is 2. The molecule has 6 heteroatoms. The topological polar surface area (TPSA) is 84.7 Å². The lowest BCUT2D eigenvalue weighted by molar-refractivity contribution is -0.119. The number of hydrogen-bond donors (Lipinski definition) is 2. The van der Waals surface area contributed by atoms with Crippen molar-refractivity contribution in [1.82, 2.24) is 4.90 Å². The minimum atomic E-state index is 0.152. The van der Waals surface area contributed by atoms with Gasteiger partial charge in [0.25, 0.3) is 0 Å². The lowest BCUT2D eigenvalue weighted by atomic mass is 9.91. The van der Waals surface area contributed by atoms with Gasteiger partial charge in [-0.2, -0.15) is 0 Å². The fourth-order valence-corrected chi connectivity index (χ4v) is 3.52. The van der Waals surface area contributed by atoms with Crippen molar-refractivity contribution < 1.29 is 4.79 Å². The molecule has 1 aliphatic rings. The molecule has 0 atom stereocenters. The molecule has 1 aliphatic heterocycles. The number of aliphatic imine (C=N–C) groups is 1. The maximum atomic E-state index is 11.9. The number of rotatable bonds is 11. The van der Waals surface area contributed by atoms with Crippen molar-refractivity contribution >= 4 is 23.5 Å². The number of likely N-dealkylation sites (tertiary alicyclic amines) is 1. The number of ketones is 1. The third-order valence-electron chi connectivity index (χ3n) is 4.26. The van der Waals surface area contributed by atoms with Crippen LogP contribution in [0.15, 0.2) is 4.99 Å². The van der Waals surface area contributed by atoms with Crippen molar-refractivity contribution in [1.29, 1.82) is 0 Å². The molecule has 0 aromatic carbocycles. The zero-order chi connectivity index (χ0) is 16.2. The fraction of sp³-hybridized carbons (Fsp3) is 0.875. The van der Waals surface area contributed by atoms with Crippen molar-refractivity contribution in [2.75, 3.05) is 31.8 Å². The Labute approximate surface area is 139 Å². The van der Waals surface area contributed by atoms with Gasteiger partial charge in [-0.15, -0.1) is 11.8 Å². The normalized spacial score (nSPS) is 16.6. The molecule has 128 valence electrons. The van der Waals surface area contributed by atoms with Gasteiger partial charge in [0, 0.05) is 25.3 Å². The molecule has 1 fully saturated rings. The van der Waals surface area contributed by atoms with E-state index in [9.17, 15) is 4.79 Å². The van der Waals surface area contributed by atoms with Crippen molar-refractivity contribution in [2.24, 2.45) is 22.4 Å². The van der Waals surface area contributed by atoms with Crippen LogP contribution in [0, 0.1) is 5.92 Å². The second-order valence-electron chi connectivity index (χ2n) is 6.17. The summed E-state index contributed by atoms with van der Waals surface area (Å²) in [7, 11) is 0. The molecule has 0 amide bonds. The number of Topliss-reactive ketones (excluding diaryl/α,β-unsaturated/α-hetero) is 1. The molecule has 22 heavy (non-hydrogen) atoms. The van der Waals surface area contributed by atoms with Crippen LogP contribution < -0.4 is 11.5 Å². The summed E-state index contributed by atoms with van der Waals surface area (Å²) < 4.78 is 0. The zero-order valence-electron chi connectivity index (χ0n) is 13.9. The Hall–Kier alpha value is -0.750. The highest BCUT2D eigenvalue weighted by molar-refractivity contribution is 7.98. The SMILES string of the molecule is CSCN1CCC(CCC(=O)CCCCCN=C(N)N)CC1. The standard InChI is InChI=1S/C16H32N4OS/c1-22-13-20-11-8-14(9-12-20)6-7-15(21)5-3-2-4-10-19-16(17)18/h14H,2-13H2,1H3,(H4,17,18,19). The molecule has 1 rings (SSSR count). The van der Waals surface area contributed by atoms with Gasteiger partial charge >= 0.3 is 0 Å². The van der Waals surface area contributed by atoms with Crippen molar-refractivity contribution in [3.05, 3.63) is 0 Å². The van der Waals surface area contributed by atoms with E-state index in [0.717, 1.165) is 43.9 Å². The third kappa shape index (κ3) is 9.30. The summed E-state index contributed by atoms with van der Waals surface area (Å²) >= 11 is 1.89. The predicted octanol–water partition coefficient (Wildman–Crippen LogP) is 2.20. The van der Waals surface area contributed by atoms with Gasteiger partial charge in [0.15, 0.2) is 5.96 Å². The maximum Gasteiger partial charge on any atom is 0.185 e. The highest BCUT2D eigenvalue weighted by atomic mass is 32.2. The molecule has 0 unspecified atom stereocenters. The summed E-state index contributed by atoms with van der Waals surface area (Å²) in [5.74, 6) is 2.47. The van der Waals surface area contributed by atoms with Crippen molar-refractivity contribution in [3.8, 4) is 0 Å². The van der Waals surface area contributed by atoms with Crippen LogP contribution in [-0.4, -0.2) is 48.4 Å². The molecular weight excluding hydrogens is 296 g/mol. The largest absolute Gasteiger partial charge is 0.370 e. The van der Waals surface area contributed by atoms with E-state index in [4.69, 9.17) is 11.5 Å². The quantitative estimate of drug-likeness (QED) is 0.345. The van der Waals surface area contributed by atoms with E-state index in [1.807, 2.05) is 11.8 Å². The minimum Gasteiger partial charge on any atom is -0.370 e. The molecule has 0 aliphatic carbocycles. The first-order valence-electron chi connectivity index (χ1n) is 8.40. The Kier molecular flexibility index (Phi) is 10.3. The van der Waals surface area contributed by atoms with Crippen LogP contribution in [0.2, 0.25) is 0 Å². The molecule has 0 aromatic heterocycles. The minimum absolute atomic E-state index is 0.152. The van der Waals surface area contributed by atoms with E-state index >= 15 is 0 Å². The Bertz CT molecular complexity index is 337. The second kappa shape index (κ2) is 11.8. The summed E-state index contributed by atoms with van der Waals surface area (Å²) in [4.78, 5) is 18.4. The number of nitrogens with zero attached hydrogens (tertiary/aromatic N) is 2. The van der Waals surface area contributed by atoms with Gasteiger partial charge in [-0.3, -0.25) is 14.7 Å². The maximum absolute atomic E-state index is 11.9. The summed E-state index contributed by atoms with van der Waals surface area (Å²) in [6.45, 7) is 3.07. The van der Waals surface area contributed by atoms with Crippen molar-refractivity contribution in [3.63, 3.8) is 0 Å². The Morgan fingerprint density at radius 3 is 2.55 bits per heavy atom. The monoisotopic (exact) mass is 328 g/mol. The number of carbonyl (C=O) groups excluding carboxylic acids is 1. The predicted molar refractivity (Wildman–Crippen MR) is 96.1 cm³/mol. The van der Waals surface area contributed by atoms with E-state index < -0.39 is 0 Å². The van der Waals surface area contributed by atoms with Crippen LogP contribution in [0.1, 0.15) is 51.4 Å². The number of guanidine groups is 1. The van der Waals surface area contributed by atoms with Gasteiger partial charge < -0.3 is 11.5 Å². The van der Waals surface area contributed by atoms with Crippen molar-refractivity contribution in [2.45, 2.75) is 51.4 Å². The highest BCUT2D eigenvalue weighted by Gasteiger charge is 2.19. The highest BCUT2D eigenvalue weighted by Crippen LogP contribution is 2.23. The van der Waals surface area contributed by atoms with Gasteiger partial charge in [-0.25, -0.2) is 0 Å². The molecule has 1 saturated heterocycles. The van der Waals surface area contributed by atoms with Gasteiger partial charge in [-0.05, 0) is 57.4 Å². The number of hydrogen-bond acceptors (Lipinski definition) is 4. The molecule has 0 aromatic rings. The Balaban J connectivity index is 1.99. The lowest BCUT2D eigenvalue weighted by Gasteiger charge is -2.31. The summed E-state index contributed by atoms with van der Waals surface area (Å²) in [5.41, 5.74) is 10.5. The van der Waals surface area contributed by atoms with E-state index in [-0.39, 0.29) is 5.96 Å². The number of piperidine rings is 1. The molecule has 0 saturated carbocycles. The van der Waals surface area contributed by atoms with Gasteiger partial charge in [0.2, 0.25) is 0 Å². The molecule has 4 N–H and O–H groups in total. The molecule has 1 heterocycles. The van der Waals surface area contributed by atoms with E-state index in [1.54, 1.807) is 0 Å². The van der Waals surface area contributed by atoms with Gasteiger partial charge in [0.05, 0.1) is 0 Å². The van der Waals surface area contributed by atoms with Crippen LogP contribution >= 0.6 is 11.8 Å². The number of thioether (sulfide) groups is 1. The first kappa shape index (κ1) is 19.3. The van der Waals surface area contributed by atoms with Crippen LogP contribution in [0.25, 0.3) is 0 Å². The van der Waals surface area contributed by atoms with E-state index in [1.165, 1.54) is 25.9 Å². The Morgan fingerprint density at radius 2 is 1.91 bits per heavy atom. The zero-order valence-corrected chi connectivity index (χ0v) is 14.7. The molecular formula is C16H32N4OS. The molecule has 5 nitrogen and oxygen atoms in total. The third-order valence-corrected chi connectivity index (χ3v) is 4.88. The lowest BCUT2D eigenvalue weighted by Crippen LogP contribution is -2.33. The second-order valence-corrected chi connectivity index (χ2v) is 7.01. The van der Waals surface area contributed by atoms with Gasteiger partial charge in [0.1, 0.15) is 5.78 Å². The number of carbonyl (C=O) groups is 1. The van der Waals surface area contributed by atoms with E-state index in [0.29, 0.717) is 18.7 Å². The summed E-state index contributed by atoms with van der Waals surface area (Å²) in [6, 6.07) is 0. The molecule has 0 bridgehead atoms. The molecule has 0 spiro atoms. The number of nitrogens with two attached hydrogens (primary N) is 2. The van der Waals surface area contributed by atoms with Crippen LogP contribution in [0.3, 0.4) is 0 Å². The van der Waals surface area contributed by atoms with Gasteiger partial charge in [-0.1, -0.05) is 6.42 Å². The fourth-order valence-electron chi connectivity index (χ4n) is 2.90. The van der Waals surface area contributed by atoms with Crippen LogP contribution in [0.4, 0.5) is 0 Å². The van der Waals surface area contributed by atoms with E-state index in [2.05, 4.69) is 16.1 Å². The molecule has 0 radical (unpaired) electrons. The summed E-state index contributed by atoms with van der Waals surface area (Å²) in [5, 5.41) is 0.